The van der Waals surface area contributed by atoms with Crippen molar-refractivity contribution in [3.05, 3.63) is 64.1 Å². The zero-order valence-corrected chi connectivity index (χ0v) is 22.8. The molecule has 0 aliphatic rings. The van der Waals surface area contributed by atoms with Crippen molar-refractivity contribution in [2.24, 2.45) is 0 Å². The molecule has 1 N–H and O–H groups in total. The van der Waals surface area contributed by atoms with Gasteiger partial charge in [0, 0.05) is 17.1 Å². The Morgan fingerprint density at radius 3 is 2.32 bits per heavy atom. The first kappa shape index (κ1) is 27.9. The molecule has 0 heterocycles. The molecule has 0 saturated carbocycles. The quantitative estimate of drug-likeness (QED) is 0.455. The maximum absolute atomic E-state index is 13.6. The first-order chi connectivity index (χ1) is 16.0. The summed E-state index contributed by atoms with van der Waals surface area (Å²) in [6.45, 7) is 7.24. The van der Waals surface area contributed by atoms with Crippen LogP contribution in [0, 0.1) is 0 Å². The van der Waals surface area contributed by atoms with Crippen LogP contribution in [0.15, 0.2) is 53.0 Å². The van der Waals surface area contributed by atoms with Crippen LogP contribution in [0.1, 0.15) is 45.2 Å². The molecule has 0 aromatic heterocycles. The Kier molecular flexibility index (Phi) is 10.1. The number of carbonyl (C=O) groups excluding carboxylic acids is 2. The number of aryl methyl sites for hydroxylation is 1. The highest BCUT2D eigenvalue weighted by molar-refractivity contribution is 9.10. The zero-order valence-electron chi connectivity index (χ0n) is 20.4. The smallest absolute Gasteiger partial charge is 0.244 e. The van der Waals surface area contributed by atoms with Gasteiger partial charge in [0.05, 0.1) is 11.9 Å². The van der Waals surface area contributed by atoms with Gasteiger partial charge in [-0.2, -0.15) is 0 Å². The fourth-order valence-electron chi connectivity index (χ4n) is 3.53. The number of nitrogens with zero attached hydrogens (tertiary/aromatic N) is 2. The largest absolute Gasteiger partial charge is 0.352 e. The number of nitrogens with one attached hydrogen (secondary N) is 1. The highest BCUT2D eigenvalue weighted by Gasteiger charge is 2.31. The lowest BCUT2D eigenvalue weighted by Crippen LogP contribution is -2.52. The second-order valence-corrected chi connectivity index (χ2v) is 11.2. The predicted octanol–water partition coefficient (Wildman–Crippen LogP) is 4.11. The molecule has 2 atom stereocenters. The van der Waals surface area contributed by atoms with Gasteiger partial charge in [-0.3, -0.25) is 13.9 Å². The average molecular weight is 553 g/mol. The summed E-state index contributed by atoms with van der Waals surface area (Å²) in [6, 6.07) is 13.8. The molecule has 0 spiro atoms. The highest BCUT2D eigenvalue weighted by atomic mass is 79.9. The van der Waals surface area contributed by atoms with Crippen LogP contribution in [0.2, 0.25) is 0 Å². The monoisotopic (exact) mass is 551 g/mol. The fourth-order valence-corrected chi connectivity index (χ4v) is 4.86. The van der Waals surface area contributed by atoms with Crippen molar-refractivity contribution in [2.75, 3.05) is 17.1 Å². The Bertz CT molecular complexity index is 1110. The SMILES string of the molecule is CCc1ccccc1N(CC(=O)N(Cc1cccc(Br)c1)[C@@H](C)C(=O)N[C@@H](C)CC)S(C)(=O)=O. The molecule has 9 heteroatoms. The van der Waals surface area contributed by atoms with Crippen molar-refractivity contribution in [1.29, 1.82) is 0 Å². The standard InChI is InChI=1S/C25H34BrN3O4S/c1-6-18(3)27-25(31)19(4)28(16-20-11-10-13-22(26)15-20)24(30)17-29(34(5,32)33)23-14-9-8-12-21(23)7-2/h8-15,18-19H,6-7,16-17H2,1-5H3,(H,27,31)/t18-,19-/m0/s1. The molecule has 0 bridgehead atoms. The Hall–Kier alpha value is -2.39. The molecule has 2 aromatic carbocycles. The van der Waals surface area contributed by atoms with Crippen LogP contribution >= 0.6 is 15.9 Å². The molecule has 0 radical (unpaired) electrons. The van der Waals surface area contributed by atoms with Crippen molar-refractivity contribution >= 4 is 43.5 Å². The van der Waals surface area contributed by atoms with Crippen LogP contribution in [-0.2, 0) is 32.6 Å². The molecule has 34 heavy (non-hydrogen) atoms. The molecule has 186 valence electrons. The van der Waals surface area contributed by atoms with Gasteiger partial charge in [-0.1, -0.05) is 60.1 Å². The molecule has 0 saturated heterocycles. The van der Waals surface area contributed by atoms with E-state index in [1.807, 2.05) is 57.2 Å². The third-order valence-corrected chi connectivity index (χ3v) is 7.35. The van der Waals surface area contributed by atoms with E-state index in [0.29, 0.717) is 12.1 Å². The molecule has 2 rings (SSSR count). The van der Waals surface area contributed by atoms with Crippen LogP contribution in [0.3, 0.4) is 0 Å². The van der Waals surface area contributed by atoms with E-state index >= 15 is 0 Å². The molecule has 7 nitrogen and oxygen atoms in total. The third kappa shape index (κ3) is 7.56. The summed E-state index contributed by atoms with van der Waals surface area (Å²) in [6.07, 6.45) is 2.46. The maximum Gasteiger partial charge on any atom is 0.244 e. The average Bonchev–Trinajstić information content (AvgIpc) is 2.79. The predicted molar refractivity (Wildman–Crippen MR) is 140 cm³/mol. The number of rotatable bonds is 11. The van der Waals surface area contributed by atoms with Gasteiger partial charge in [-0.15, -0.1) is 0 Å². The Labute approximate surface area is 211 Å². The number of halogens is 1. The van der Waals surface area contributed by atoms with Gasteiger partial charge in [0.15, 0.2) is 0 Å². The Morgan fingerprint density at radius 1 is 1.06 bits per heavy atom. The van der Waals surface area contributed by atoms with Crippen LogP contribution in [0.4, 0.5) is 5.69 Å². The van der Waals surface area contributed by atoms with Crippen LogP contribution in [0.5, 0.6) is 0 Å². The molecular formula is C25H34BrN3O4S. The second-order valence-electron chi connectivity index (χ2n) is 8.40. The van der Waals surface area contributed by atoms with Gasteiger partial charge < -0.3 is 10.2 Å². The second kappa shape index (κ2) is 12.4. The van der Waals surface area contributed by atoms with Crippen molar-refractivity contribution in [3.63, 3.8) is 0 Å². The van der Waals surface area contributed by atoms with E-state index < -0.39 is 28.5 Å². The summed E-state index contributed by atoms with van der Waals surface area (Å²) in [7, 11) is -3.75. The minimum atomic E-state index is -3.75. The number of sulfonamides is 1. The van der Waals surface area contributed by atoms with Crippen LogP contribution in [0.25, 0.3) is 0 Å². The number of benzene rings is 2. The van der Waals surface area contributed by atoms with E-state index in [-0.39, 0.29) is 18.5 Å². The molecule has 0 aliphatic carbocycles. The topological polar surface area (TPSA) is 86.8 Å². The van der Waals surface area contributed by atoms with Gasteiger partial charge in [-0.05, 0) is 56.0 Å². The Balaban J connectivity index is 2.42. The van der Waals surface area contributed by atoms with Crippen molar-refractivity contribution in [3.8, 4) is 0 Å². The lowest BCUT2D eigenvalue weighted by atomic mass is 10.1. The number of hydrogen-bond donors (Lipinski definition) is 1. The molecule has 2 amide bonds. The van der Waals surface area contributed by atoms with E-state index in [0.717, 1.165) is 32.6 Å². The summed E-state index contributed by atoms with van der Waals surface area (Å²) in [5.41, 5.74) is 2.12. The summed E-state index contributed by atoms with van der Waals surface area (Å²) < 4.78 is 27.4. The van der Waals surface area contributed by atoms with E-state index in [2.05, 4.69) is 21.2 Å². The molecule has 0 unspecified atom stereocenters. The highest BCUT2D eigenvalue weighted by Crippen LogP contribution is 2.24. The van der Waals surface area contributed by atoms with Crippen molar-refractivity contribution < 1.29 is 18.0 Å². The number of hydrogen-bond acceptors (Lipinski definition) is 4. The van der Waals surface area contributed by atoms with E-state index in [9.17, 15) is 18.0 Å². The van der Waals surface area contributed by atoms with Gasteiger partial charge in [-0.25, -0.2) is 8.42 Å². The lowest BCUT2D eigenvalue weighted by Gasteiger charge is -2.32. The third-order valence-electron chi connectivity index (χ3n) is 5.73. The normalized spacial score (nSPS) is 13.1. The van der Waals surface area contributed by atoms with Crippen molar-refractivity contribution in [1.82, 2.24) is 10.2 Å². The van der Waals surface area contributed by atoms with Crippen LogP contribution < -0.4 is 9.62 Å². The van der Waals surface area contributed by atoms with Gasteiger partial charge >= 0.3 is 0 Å². The summed E-state index contributed by atoms with van der Waals surface area (Å²) in [5, 5.41) is 2.92. The molecular weight excluding hydrogens is 518 g/mol. The molecule has 0 fully saturated rings. The molecule has 0 aliphatic heterocycles. The van der Waals surface area contributed by atoms with E-state index in [1.54, 1.807) is 19.1 Å². The van der Waals surface area contributed by atoms with E-state index in [4.69, 9.17) is 0 Å². The maximum atomic E-state index is 13.6. The number of anilines is 1. The molecule has 2 aromatic rings. The lowest BCUT2D eigenvalue weighted by molar-refractivity contribution is -0.139. The fraction of sp³-hybridized carbons (Fsp3) is 0.440. The first-order valence-electron chi connectivity index (χ1n) is 11.4. The van der Waals surface area contributed by atoms with Gasteiger partial charge in [0.2, 0.25) is 21.8 Å². The van der Waals surface area contributed by atoms with Gasteiger partial charge in [0.1, 0.15) is 12.6 Å². The summed E-state index contributed by atoms with van der Waals surface area (Å²) in [4.78, 5) is 28.0. The number of amides is 2. The van der Waals surface area contributed by atoms with Gasteiger partial charge in [0.25, 0.3) is 0 Å². The summed E-state index contributed by atoms with van der Waals surface area (Å²) in [5.74, 6) is -0.735. The number of para-hydroxylation sites is 1. The first-order valence-corrected chi connectivity index (χ1v) is 14.0. The minimum Gasteiger partial charge on any atom is -0.352 e. The van der Waals surface area contributed by atoms with Crippen molar-refractivity contribution in [2.45, 2.75) is 59.2 Å². The zero-order chi connectivity index (χ0) is 25.5. The van der Waals surface area contributed by atoms with E-state index in [1.165, 1.54) is 4.90 Å². The summed E-state index contributed by atoms with van der Waals surface area (Å²) >= 11 is 3.44. The number of carbonyl (C=O) groups is 2. The van der Waals surface area contributed by atoms with Crippen LogP contribution in [-0.4, -0.2) is 50.0 Å². The Morgan fingerprint density at radius 2 is 1.74 bits per heavy atom. The minimum absolute atomic E-state index is 0.0401.